The van der Waals surface area contributed by atoms with E-state index in [1.165, 1.54) is 22.3 Å². The fraction of sp³-hybridized carbons (Fsp3) is 0.154. The number of amides is 1. The molecule has 5 nitrogen and oxygen atoms in total. The zero-order valence-corrected chi connectivity index (χ0v) is 10.7. The maximum atomic E-state index is 12.4. The SMILES string of the molecule is O=C(c1cccs1)N1CCc2cccc([N+](=O)[O-])c21. The third-order valence-corrected chi connectivity index (χ3v) is 4.00. The average molecular weight is 274 g/mol. The largest absolute Gasteiger partial charge is 0.301 e. The van der Waals surface area contributed by atoms with Crippen LogP contribution < -0.4 is 4.90 Å². The van der Waals surface area contributed by atoms with Crippen molar-refractivity contribution in [3.8, 4) is 0 Å². The van der Waals surface area contributed by atoms with Crippen molar-refractivity contribution in [3.63, 3.8) is 0 Å². The summed E-state index contributed by atoms with van der Waals surface area (Å²) in [5.41, 5.74) is 1.31. The molecule has 0 radical (unpaired) electrons. The molecule has 1 aliphatic rings. The first-order chi connectivity index (χ1) is 9.18. The number of nitro groups is 1. The van der Waals surface area contributed by atoms with E-state index in [1.807, 2.05) is 11.4 Å². The number of thiophene rings is 1. The van der Waals surface area contributed by atoms with Gasteiger partial charge >= 0.3 is 0 Å². The molecule has 0 saturated heterocycles. The summed E-state index contributed by atoms with van der Waals surface area (Å²) in [7, 11) is 0. The van der Waals surface area contributed by atoms with Crippen LogP contribution in [0.5, 0.6) is 0 Å². The lowest BCUT2D eigenvalue weighted by molar-refractivity contribution is -0.384. The summed E-state index contributed by atoms with van der Waals surface area (Å²) >= 11 is 1.35. The summed E-state index contributed by atoms with van der Waals surface area (Å²) in [5, 5.41) is 12.9. The lowest BCUT2D eigenvalue weighted by Gasteiger charge is -2.16. The highest BCUT2D eigenvalue weighted by molar-refractivity contribution is 7.12. The van der Waals surface area contributed by atoms with Gasteiger partial charge in [0.1, 0.15) is 5.69 Å². The highest BCUT2D eigenvalue weighted by atomic mass is 32.1. The van der Waals surface area contributed by atoms with E-state index in [9.17, 15) is 14.9 Å². The summed E-state index contributed by atoms with van der Waals surface area (Å²) in [6.45, 7) is 0.497. The van der Waals surface area contributed by atoms with E-state index < -0.39 is 4.92 Å². The van der Waals surface area contributed by atoms with Crippen LogP contribution in [-0.4, -0.2) is 17.4 Å². The van der Waals surface area contributed by atoms with Crippen LogP contribution in [0.2, 0.25) is 0 Å². The number of rotatable bonds is 2. The van der Waals surface area contributed by atoms with E-state index >= 15 is 0 Å². The number of fused-ring (bicyclic) bond motifs is 1. The van der Waals surface area contributed by atoms with Gasteiger partial charge in [-0.15, -0.1) is 11.3 Å². The number of hydrogen-bond acceptors (Lipinski definition) is 4. The molecule has 0 saturated carbocycles. The van der Waals surface area contributed by atoms with Gasteiger partial charge in [-0.2, -0.15) is 0 Å². The van der Waals surface area contributed by atoms with Crippen LogP contribution in [0.1, 0.15) is 15.2 Å². The molecule has 1 aromatic carbocycles. The van der Waals surface area contributed by atoms with Crippen molar-refractivity contribution in [3.05, 3.63) is 56.3 Å². The van der Waals surface area contributed by atoms with E-state index in [0.717, 1.165) is 5.56 Å². The summed E-state index contributed by atoms with van der Waals surface area (Å²) in [6.07, 6.45) is 0.661. The van der Waals surface area contributed by atoms with Crippen LogP contribution in [0.15, 0.2) is 35.7 Å². The maximum Gasteiger partial charge on any atom is 0.293 e. The lowest BCUT2D eigenvalue weighted by Crippen LogP contribution is -2.28. The Morgan fingerprint density at radius 2 is 2.16 bits per heavy atom. The van der Waals surface area contributed by atoms with Crippen molar-refractivity contribution in [2.45, 2.75) is 6.42 Å². The van der Waals surface area contributed by atoms with Gasteiger partial charge in [-0.05, 0) is 23.4 Å². The fourth-order valence-electron chi connectivity index (χ4n) is 2.32. The number of carbonyl (C=O) groups is 1. The monoisotopic (exact) mass is 274 g/mol. The smallest absolute Gasteiger partial charge is 0.293 e. The maximum absolute atomic E-state index is 12.4. The summed E-state index contributed by atoms with van der Waals surface area (Å²) in [5.74, 6) is -0.164. The molecule has 1 amide bonds. The first-order valence-corrected chi connectivity index (χ1v) is 6.68. The fourth-order valence-corrected chi connectivity index (χ4v) is 2.99. The van der Waals surface area contributed by atoms with E-state index in [2.05, 4.69) is 0 Å². The molecule has 0 unspecified atom stereocenters. The molecular weight excluding hydrogens is 264 g/mol. The number of anilines is 1. The lowest BCUT2D eigenvalue weighted by atomic mass is 10.1. The van der Waals surface area contributed by atoms with Crippen molar-refractivity contribution >= 4 is 28.6 Å². The standard InChI is InChI=1S/C13H10N2O3S/c16-13(11-5-2-8-19-11)14-7-6-9-3-1-4-10(12(9)14)15(17)18/h1-5,8H,6-7H2. The Hall–Kier alpha value is -2.21. The zero-order chi connectivity index (χ0) is 13.4. The molecule has 0 atom stereocenters. The van der Waals surface area contributed by atoms with Gasteiger partial charge in [-0.1, -0.05) is 18.2 Å². The molecule has 2 aromatic rings. The molecule has 96 valence electrons. The van der Waals surface area contributed by atoms with Crippen molar-refractivity contribution in [2.24, 2.45) is 0 Å². The molecule has 3 rings (SSSR count). The Morgan fingerprint density at radius 3 is 2.84 bits per heavy atom. The molecule has 1 aromatic heterocycles. The quantitative estimate of drug-likeness (QED) is 0.625. The summed E-state index contributed by atoms with van der Waals surface area (Å²) in [6, 6.07) is 8.48. The normalized spacial score (nSPS) is 13.4. The van der Waals surface area contributed by atoms with Gasteiger partial charge in [0.2, 0.25) is 0 Å². The highest BCUT2D eigenvalue weighted by Gasteiger charge is 2.32. The van der Waals surface area contributed by atoms with Gasteiger partial charge in [0.15, 0.2) is 0 Å². The number of para-hydroxylation sites is 1. The van der Waals surface area contributed by atoms with Crippen LogP contribution >= 0.6 is 11.3 Å². The highest BCUT2D eigenvalue weighted by Crippen LogP contribution is 2.37. The van der Waals surface area contributed by atoms with Gasteiger partial charge < -0.3 is 4.90 Å². The molecular formula is C13H10N2O3S. The molecule has 6 heteroatoms. The number of nitrogens with zero attached hydrogens (tertiary/aromatic N) is 2. The predicted molar refractivity (Wildman–Crippen MR) is 72.8 cm³/mol. The van der Waals surface area contributed by atoms with Gasteiger partial charge in [0.25, 0.3) is 11.6 Å². The van der Waals surface area contributed by atoms with Gasteiger partial charge in [-0.25, -0.2) is 0 Å². The predicted octanol–water partition coefficient (Wildman–Crippen LogP) is 2.86. The molecule has 2 heterocycles. The van der Waals surface area contributed by atoms with E-state index in [0.29, 0.717) is 23.5 Å². The number of benzene rings is 1. The second kappa shape index (κ2) is 4.47. The van der Waals surface area contributed by atoms with Gasteiger partial charge in [0.05, 0.1) is 9.80 Å². The van der Waals surface area contributed by atoms with E-state index in [4.69, 9.17) is 0 Å². The molecule has 0 fully saturated rings. The van der Waals surface area contributed by atoms with Crippen molar-refractivity contribution in [1.29, 1.82) is 0 Å². The van der Waals surface area contributed by atoms with E-state index in [1.54, 1.807) is 18.2 Å². The number of nitro benzene ring substituents is 1. The van der Waals surface area contributed by atoms with Crippen molar-refractivity contribution in [1.82, 2.24) is 0 Å². The molecule has 19 heavy (non-hydrogen) atoms. The minimum Gasteiger partial charge on any atom is -0.301 e. The second-order valence-corrected chi connectivity index (χ2v) is 5.17. The minimum absolute atomic E-state index is 0.0000869. The van der Waals surface area contributed by atoms with Crippen LogP contribution in [0.3, 0.4) is 0 Å². The van der Waals surface area contributed by atoms with Gasteiger partial charge in [-0.3, -0.25) is 14.9 Å². The second-order valence-electron chi connectivity index (χ2n) is 4.23. The average Bonchev–Trinajstić information content (AvgIpc) is 3.06. The molecule has 0 N–H and O–H groups in total. The van der Waals surface area contributed by atoms with Crippen LogP contribution in [0.25, 0.3) is 0 Å². The van der Waals surface area contributed by atoms with Crippen molar-refractivity contribution in [2.75, 3.05) is 11.4 Å². The first-order valence-electron chi connectivity index (χ1n) is 5.80. The zero-order valence-electron chi connectivity index (χ0n) is 9.91. The third kappa shape index (κ3) is 1.90. The minimum atomic E-state index is -0.432. The number of carbonyl (C=O) groups excluding carboxylic acids is 1. The Balaban J connectivity index is 2.06. The molecule has 0 aliphatic carbocycles. The molecule has 0 bridgehead atoms. The van der Waals surface area contributed by atoms with Gasteiger partial charge in [0, 0.05) is 12.6 Å². The Morgan fingerprint density at radius 1 is 1.32 bits per heavy atom. The van der Waals surface area contributed by atoms with Crippen LogP contribution in [0, 0.1) is 10.1 Å². The summed E-state index contributed by atoms with van der Waals surface area (Å²) in [4.78, 5) is 25.1. The Bertz CT molecular complexity index is 652. The first kappa shape index (κ1) is 11.9. The molecule has 0 spiro atoms. The van der Waals surface area contributed by atoms with Crippen LogP contribution in [0.4, 0.5) is 11.4 Å². The van der Waals surface area contributed by atoms with Crippen LogP contribution in [-0.2, 0) is 6.42 Å². The third-order valence-electron chi connectivity index (χ3n) is 3.15. The molecule has 1 aliphatic heterocycles. The number of hydrogen-bond donors (Lipinski definition) is 0. The van der Waals surface area contributed by atoms with E-state index in [-0.39, 0.29) is 11.6 Å². The summed E-state index contributed by atoms with van der Waals surface area (Å²) < 4.78 is 0. The Labute approximate surface area is 113 Å². The topological polar surface area (TPSA) is 63.5 Å². The Kier molecular flexibility index (Phi) is 2.79. The van der Waals surface area contributed by atoms with Crippen molar-refractivity contribution < 1.29 is 9.72 Å².